The lowest BCUT2D eigenvalue weighted by Crippen LogP contribution is -2.33. The van der Waals surface area contributed by atoms with Gasteiger partial charge in [-0.15, -0.1) is 0 Å². The Labute approximate surface area is 159 Å². The molecule has 5 heteroatoms. The lowest BCUT2D eigenvalue weighted by molar-refractivity contribution is 0.234. The molecule has 3 aromatic rings. The average molecular weight is 364 g/mol. The summed E-state index contributed by atoms with van der Waals surface area (Å²) < 4.78 is 16.3. The number of halogens is 1. The topological polar surface area (TPSA) is 24.3 Å². The third kappa shape index (κ3) is 3.80. The van der Waals surface area contributed by atoms with Crippen LogP contribution in [-0.2, 0) is 6.54 Å². The SMILES string of the molecule is CN1CCC(N(C)Cc2cn(-c3ccccc3)nc2-c2ccccc2F)C1. The fourth-order valence-electron chi connectivity index (χ4n) is 3.79. The second-order valence-corrected chi connectivity index (χ2v) is 7.38. The fourth-order valence-corrected chi connectivity index (χ4v) is 3.79. The van der Waals surface area contributed by atoms with Crippen LogP contribution in [0.1, 0.15) is 12.0 Å². The van der Waals surface area contributed by atoms with Gasteiger partial charge in [0, 0.05) is 36.5 Å². The highest BCUT2D eigenvalue weighted by Gasteiger charge is 2.25. The zero-order valence-electron chi connectivity index (χ0n) is 15.8. The summed E-state index contributed by atoms with van der Waals surface area (Å²) in [6.45, 7) is 2.94. The van der Waals surface area contributed by atoms with E-state index in [0.717, 1.165) is 43.0 Å². The number of nitrogens with zero attached hydrogens (tertiary/aromatic N) is 4. The largest absolute Gasteiger partial charge is 0.305 e. The molecule has 1 unspecified atom stereocenters. The summed E-state index contributed by atoms with van der Waals surface area (Å²) in [7, 11) is 4.31. The van der Waals surface area contributed by atoms with Gasteiger partial charge in [-0.2, -0.15) is 5.10 Å². The molecule has 2 heterocycles. The van der Waals surface area contributed by atoms with E-state index in [1.165, 1.54) is 6.07 Å². The molecule has 1 aromatic heterocycles. The summed E-state index contributed by atoms with van der Waals surface area (Å²) in [5.41, 5.74) is 3.29. The predicted octanol–water partition coefficient (Wildman–Crippen LogP) is 3.81. The van der Waals surface area contributed by atoms with Crippen LogP contribution in [0.3, 0.4) is 0 Å². The van der Waals surface area contributed by atoms with Gasteiger partial charge in [-0.3, -0.25) is 4.90 Å². The van der Waals surface area contributed by atoms with Gasteiger partial charge in [-0.05, 0) is 51.3 Å². The Bertz CT molecular complexity index is 906. The van der Waals surface area contributed by atoms with E-state index in [1.54, 1.807) is 12.1 Å². The number of aromatic nitrogens is 2. The molecule has 0 aliphatic carbocycles. The van der Waals surface area contributed by atoms with Crippen molar-refractivity contribution in [3.05, 3.63) is 72.2 Å². The third-order valence-electron chi connectivity index (χ3n) is 5.35. The predicted molar refractivity (Wildman–Crippen MR) is 106 cm³/mol. The normalized spacial score (nSPS) is 17.7. The van der Waals surface area contributed by atoms with Crippen molar-refractivity contribution in [1.29, 1.82) is 0 Å². The molecule has 1 fully saturated rings. The number of likely N-dealkylation sites (tertiary alicyclic amines) is 1. The van der Waals surface area contributed by atoms with Crippen LogP contribution in [0.25, 0.3) is 16.9 Å². The molecular weight excluding hydrogens is 339 g/mol. The highest BCUT2D eigenvalue weighted by molar-refractivity contribution is 5.64. The van der Waals surface area contributed by atoms with Gasteiger partial charge < -0.3 is 4.90 Å². The minimum atomic E-state index is -0.236. The van der Waals surface area contributed by atoms with E-state index in [-0.39, 0.29) is 5.82 Å². The summed E-state index contributed by atoms with van der Waals surface area (Å²) in [5, 5.41) is 4.75. The molecule has 0 N–H and O–H groups in total. The van der Waals surface area contributed by atoms with Crippen molar-refractivity contribution < 1.29 is 4.39 Å². The van der Waals surface area contributed by atoms with Crippen molar-refractivity contribution in [3.63, 3.8) is 0 Å². The highest BCUT2D eigenvalue weighted by atomic mass is 19.1. The number of likely N-dealkylation sites (N-methyl/N-ethyl adjacent to an activating group) is 2. The van der Waals surface area contributed by atoms with Gasteiger partial charge in [-0.1, -0.05) is 30.3 Å². The van der Waals surface area contributed by atoms with Crippen LogP contribution in [-0.4, -0.2) is 52.8 Å². The van der Waals surface area contributed by atoms with E-state index in [4.69, 9.17) is 5.10 Å². The summed E-state index contributed by atoms with van der Waals surface area (Å²) in [6, 6.07) is 17.4. The van der Waals surface area contributed by atoms with Crippen LogP contribution in [0.4, 0.5) is 4.39 Å². The van der Waals surface area contributed by atoms with Crippen LogP contribution in [0.2, 0.25) is 0 Å². The van der Waals surface area contributed by atoms with Gasteiger partial charge in [-0.25, -0.2) is 9.07 Å². The summed E-state index contributed by atoms with van der Waals surface area (Å²) >= 11 is 0. The third-order valence-corrected chi connectivity index (χ3v) is 5.35. The van der Waals surface area contributed by atoms with Gasteiger partial charge in [0.25, 0.3) is 0 Å². The zero-order chi connectivity index (χ0) is 18.8. The number of benzene rings is 2. The minimum Gasteiger partial charge on any atom is -0.305 e. The summed E-state index contributed by atoms with van der Waals surface area (Å²) in [5.74, 6) is -0.236. The van der Waals surface area contributed by atoms with E-state index in [9.17, 15) is 4.39 Å². The molecule has 4 rings (SSSR count). The number of para-hydroxylation sites is 1. The first-order valence-electron chi connectivity index (χ1n) is 9.39. The minimum absolute atomic E-state index is 0.236. The number of rotatable bonds is 5. The maximum Gasteiger partial charge on any atom is 0.132 e. The first-order valence-corrected chi connectivity index (χ1v) is 9.39. The highest BCUT2D eigenvalue weighted by Crippen LogP contribution is 2.28. The molecule has 1 aliphatic heterocycles. The molecule has 1 saturated heterocycles. The Morgan fingerprint density at radius 1 is 1.11 bits per heavy atom. The van der Waals surface area contributed by atoms with E-state index in [1.807, 2.05) is 47.3 Å². The molecule has 140 valence electrons. The Morgan fingerprint density at radius 2 is 1.85 bits per heavy atom. The van der Waals surface area contributed by atoms with Gasteiger partial charge in [0.2, 0.25) is 0 Å². The maximum atomic E-state index is 14.5. The van der Waals surface area contributed by atoms with Gasteiger partial charge in [0.05, 0.1) is 5.69 Å². The van der Waals surface area contributed by atoms with E-state index in [0.29, 0.717) is 11.6 Å². The van der Waals surface area contributed by atoms with Crippen molar-refractivity contribution >= 4 is 0 Å². The Kier molecular flexibility index (Phi) is 5.05. The lowest BCUT2D eigenvalue weighted by atomic mass is 10.1. The molecule has 0 spiro atoms. The first kappa shape index (κ1) is 17.9. The van der Waals surface area contributed by atoms with Crippen molar-refractivity contribution in [1.82, 2.24) is 19.6 Å². The number of hydrogen-bond acceptors (Lipinski definition) is 3. The smallest absolute Gasteiger partial charge is 0.132 e. The Balaban J connectivity index is 1.70. The molecule has 4 nitrogen and oxygen atoms in total. The molecule has 0 bridgehead atoms. The standard InChI is InChI=1S/C22H25FN4/c1-25-13-12-19(16-25)26(2)14-17-15-27(18-8-4-3-5-9-18)24-22(17)20-10-6-7-11-21(20)23/h3-11,15,19H,12-14,16H2,1-2H3. The van der Waals surface area contributed by atoms with Crippen LogP contribution < -0.4 is 0 Å². The molecule has 0 radical (unpaired) electrons. The molecule has 27 heavy (non-hydrogen) atoms. The van der Waals surface area contributed by atoms with Crippen molar-refractivity contribution in [2.45, 2.75) is 19.0 Å². The zero-order valence-corrected chi connectivity index (χ0v) is 15.8. The van der Waals surface area contributed by atoms with Crippen molar-refractivity contribution in [2.75, 3.05) is 27.2 Å². The van der Waals surface area contributed by atoms with Crippen LogP contribution in [0.5, 0.6) is 0 Å². The second-order valence-electron chi connectivity index (χ2n) is 7.38. The quantitative estimate of drug-likeness (QED) is 0.688. The van der Waals surface area contributed by atoms with Gasteiger partial charge >= 0.3 is 0 Å². The molecule has 0 saturated carbocycles. The maximum absolute atomic E-state index is 14.5. The molecule has 1 aliphatic rings. The van der Waals surface area contributed by atoms with E-state index < -0.39 is 0 Å². The van der Waals surface area contributed by atoms with E-state index >= 15 is 0 Å². The van der Waals surface area contributed by atoms with Crippen LogP contribution in [0, 0.1) is 5.82 Å². The molecule has 2 aromatic carbocycles. The van der Waals surface area contributed by atoms with Gasteiger partial charge in [0.15, 0.2) is 0 Å². The Morgan fingerprint density at radius 3 is 2.56 bits per heavy atom. The van der Waals surface area contributed by atoms with Crippen LogP contribution >= 0.6 is 0 Å². The Hall–Kier alpha value is -2.50. The van der Waals surface area contributed by atoms with Gasteiger partial charge in [0.1, 0.15) is 11.5 Å². The summed E-state index contributed by atoms with van der Waals surface area (Å²) in [6.07, 6.45) is 3.20. The fraction of sp³-hybridized carbons (Fsp3) is 0.318. The lowest BCUT2D eigenvalue weighted by Gasteiger charge is -2.24. The van der Waals surface area contributed by atoms with Crippen LogP contribution in [0.15, 0.2) is 60.8 Å². The van der Waals surface area contributed by atoms with Crippen molar-refractivity contribution in [2.24, 2.45) is 0 Å². The summed E-state index contributed by atoms with van der Waals surface area (Å²) in [4.78, 5) is 4.71. The number of hydrogen-bond donors (Lipinski definition) is 0. The molecular formula is C22H25FN4. The van der Waals surface area contributed by atoms with Crippen molar-refractivity contribution in [3.8, 4) is 16.9 Å². The first-order chi connectivity index (χ1) is 13.1. The molecule has 0 amide bonds. The monoisotopic (exact) mass is 364 g/mol. The molecule has 1 atom stereocenters. The van der Waals surface area contributed by atoms with E-state index in [2.05, 4.69) is 23.9 Å². The second kappa shape index (κ2) is 7.62. The average Bonchev–Trinajstić information content (AvgIpc) is 3.29.